The van der Waals surface area contributed by atoms with Crippen LogP contribution in [0.5, 0.6) is 0 Å². The van der Waals surface area contributed by atoms with Gasteiger partial charge in [-0.2, -0.15) is 0 Å². The summed E-state index contributed by atoms with van der Waals surface area (Å²) < 4.78 is 27.7. The van der Waals surface area contributed by atoms with Gasteiger partial charge in [0.05, 0.1) is 25.9 Å². The van der Waals surface area contributed by atoms with Crippen LogP contribution in [0.1, 0.15) is 20.8 Å². The van der Waals surface area contributed by atoms with Gasteiger partial charge in [-0.3, -0.25) is 0 Å². The summed E-state index contributed by atoms with van der Waals surface area (Å²) in [6.45, 7) is 3.90. The van der Waals surface area contributed by atoms with Crippen LogP contribution in [0.15, 0.2) is 0 Å². The molecule has 178 valence electrons. The third-order valence-corrected chi connectivity index (χ3v) is 4.99. The third kappa shape index (κ3) is 6.06. The Morgan fingerprint density at radius 2 is 1.20 bits per heavy atom. The van der Waals surface area contributed by atoms with E-state index in [0.29, 0.717) is 0 Å². The molecule has 2 heterocycles. The van der Waals surface area contributed by atoms with Crippen LogP contribution in [0.2, 0.25) is 0 Å². The molecule has 12 nitrogen and oxygen atoms in total. The molecule has 11 atom stereocenters. The van der Waals surface area contributed by atoms with E-state index in [1.165, 1.54) is 6.92 Å². The first-order chi connectivity index (χ1) is 14.1. The van der Waals surface area contributed by atoms with Gasteiger partial charge in [0.2, 0.25) is 0 Å². The second kappa shape index (κ2) is 11.4. The Bertz CT molecular complexity index is 474. The minimum Gasteiger partial charge on any atom is -0.394 e. The monoisotopic (exact) mass is 442 g/mol. The normalized spacial score (nSPS) is 40.1. The zero-order valence-electron chi connectivity index (χ0n) is 17.2. The second-order valence-corrected chi connectivity index (χ2v) is 7.94. The van der Waals surface area contributed by atoms with E-state index in [-0.39, 0.29) is 12.5 Å². The molecule has 30 heavy (non-hydrogen) atoms. The van der Waals surface area contributed by atoms with E-state index in [4.69, 9.17) is 23.7 Å². The van der Waals surface area contributed by atoms with E-state index in [1.54, 1.807) is 13.8 Å². The zero-order chi connectivity index (χ0) is 22.6. The van der Waals surface area contributed by atoms with Crippen molar-refractivity contribution in [3.05, 3.63) is 0 Å². The van der Waals surface area contributed by atoms with E-state index >= 15 is 0 Å². The second-order valence-electron chi connectivity index (χ2n) is 7.94. The molecule has 12 heteroatoms. The highest BCUT2D eigenvalue weighted by Gasteiger charge is 2.49. The molecule has 2 aliphatic heterocycles. The molecule has 0 aromatic rings. The highest BCUT2D eigenvalue weighted by Crippen LogP contribution is 2.30. The largest absolute Gasteiger partial charge is 0.394 e. The molecule has 2 saturated heterocycles. The topological polar surface area (TPSA) is 188 Å². The summed E-state index contributed by atoms with van der Waals surface area (Å²) in [4.78, 5) is 0. The van der Waals surface area contributed by atoms with Gasteiger partial charge in [0.15, 0.2) is 18.9 Å². The van der Waals surface area contributed by atoms with Gasteiger partial charge in [-0.25, -0.2) is 0 Å². The third-order valence-electron chi connectivity index (χ3n) is 4.99. The fraction of sp³-hybridized carbons (Fsp3) is 1.00. The first-order valence-electron chi connectivity index (χ1n) is 9.96. The lowest BCUT2D eigenvalue weighted by atomic mass is 10.1. The molecule has 2 rings (SSSR count). The summed E-state index contributed by atoms with van der Waals surface area (Å²) in [6.07, 6.45) is -13.7. The van der Waals surface area contributed by atoms with E-state index in [2.05, 4.69) is 0 Å². The minimum absolute atomic E-state index is 0.0714. The predicted molar refractivity (Wildman–Crippen MR) is 97.7 cm³/mol. The van der Waals surface area contributed by atoms with Crippen molar-refractivity contribution < 1.29 is 59.4 Å². The van der Waals surface area contributed by atoms with Gasteiger partial charge in [0, 0.05) is 0 Å². The van der Waals surface area contributed by atoms with Crippen LogP contribution in [-0.2, 0) is 23.7 Å². The lowest BCUT2D eigenvalue weighted by Gasteiger charge is -2.34. The maximum absolute atomic E-state index is 10.2. The first kappa shape index (κ1) is 25.8. The number of hydrogen-bond donors (Lipinski definition) is 7. The SMILES string of the molecule is CC(O)COC(C(C)C)C(OC1OC(CO)C(O)C1O)OC1O[C@H](CO)C(O)C1O. The van der Waals surface area contributed by atoms with Crippen molar-refractivity contribution in [1.82, 2.24) is 0 Å². The van der Waals surface area contributed by atoms with Gasteiger partial charge < -0.3 is 59.4 Å². The Morgan fingerprint density at radius 3 is 1.50 bits per heavy atom. The molecular formula is C18H34O12. The van der Waals surface area contributed by atoms with Gasteiger partial charge in [-0.15, -0.1) is 0 Å². The summed E-state index contributed by atoms with van der Waals surface area (Å²) in [5.41, 5.74) is 0. The van der Waals surface area contributed by atoms with Gasteiger partial charge in [-0.1, -0.05) is 13.8 Å². The van der Waals surface area contributed by atoms with Crippen molar-refractivity contribution in [3.63, 3.8) is 0 Å². The molecule has 7 N–H and O–H groups in total. The maximum Gasteiger partial charge on any atom is 0.190 e. The first-order valence-corrected chi connectivity index (χ1v) is 9.96. The highest BCUT2D eigenvalue weighted by molar-refractivity contribution is 4.89. The molecule has 0 aromatic carbocycles. The Hall–Kier alpha value is -0.480. The van der Waals surface area contributed by atoms with Gasteiger partial charge in [0.1, 0.15) is 42.7 Å². The summed E-state index contributed by atoms with van der Waals surface area (Å²) >= 11 is 0. The maximum atomic E-state index is 10.2. The zero-order valence-corrected chi connectivity index (χ0v) is 17.2. The lowest BCUT2D eigenvalue weighted by Crippen LogP contribution is -2.47. The van der Waals surface area contributed by atoms with E-state index < -0.39 is 80.9 Å². The smallest absolute Gasteiger partial charge is 0.190 e. The van der Waals surface area contributed by atoms with Crippen LogP contribution < -0.4 is 0 Å². The van der Waals surface area contributed by atoms with Crippen molar-refractivity contribution in [3.8, 4) is 0 Å². The van der Waals surface area contributed by atoms with Crippen molar-refractivity contribution in [2.45, 2.75) is 88.5 Å². The molecule has 2 aliphatic rings. The lowest BCUT2D eigenvalue weighted by molar-refractivity contribution is -0.337. The van der Waals surface area contributed by atoms with Crippen LogP contribution in [0.25, 0.3) is 0 Å². The highest BCUT2D eigenvalue weighted by atomic mass is 16.8. The molecular weight excluding hydrogens is 408 g/mol. The number of rotatable bonds is 11. The molecule has 10 unspecified atom stereocenters. The van der Waals surface area contributed by atoms with E-state index in [0.717, 1.165) is 0 Å². The predicted octanol–water partition coefficient (Wildman–Crippen LogP) is -3.35. The van der Waals surface area contributed by atoms with E-state index in [1.807, 2.05) is 0 Å². The number of ether oxygens (including phenoxy) is 5. The fourth-order valence-electron chi connectivity index (χ4n) is 3.24. The Kier molecular flexibility index (Phi) is 9.80. The fourth-order valence-corrected chi connectivity index (χ4v) is 3.24. The van der Waals surface area contributed by atoms with Crippen LogP contribution >= 0.6 is 0 Å². The molecule has 2 fully saturated rings. The minimum atomic E-state index is -1.50. The Morgan fingerprint density at radius 1 is 0.767 bits per heavy atom. The number of aliphatic hydroxyl groups excluding tert-OH is 7. The average molecular weight is 442 g/mol. The standard InChI is InChI=1S/C18H34O12/c1-7(2)15(26-6-8(3)21)18(29-16-13(24)11(22)9(4-19)27-16)30-17-14(25)12(23)10(5-20)28-17/h7-25H,4-6H2,1-3H3/t8?,9-,10?,11?,12?,13?,14?,15?,16?,17?,18?/m1/s1. The molecule has 0 saturated carbocycles. The quantitative estimate of drug-likeness (QED) is 0.158. The van der Waals surface area contributed by atoms with Crippen LogP contribution in [-0.4, -0.2) is 123 Å². The Labute approximate surface area is 174 Å². The van der Waals surface area contributed by atoms with Gasteiger partial charge >= 0.3 is 0 Å². The molecule has 0 aliphatic carbocycles. The van der Waals surface area contributed by atoms with Crippen molar-refractivity contribution in [2.75, 3.05) is 19.8 Å². The number of aliphatic hydroxyl groups is 7. The molecule has 0 radical (unpaired) electrons. The summed E-state index contributed by atoms with van der Waals surface area (Å²) in [5, 5.41) is 68.3. The molecule has 0 bridgehead atoms. The molecule has 0 aromatic heterocycles. The Balaban J connectivity index is 2.19. The summed E-state index contributed by atoms with van der Waals surface area (Å²) in [7, 11) is 0. The van der Waals surface area contributed by atoms with Crippen LogP contribution in [0.3, 0.4) is 0 Å². The summed E-state index contributed by atoms with van der Waals surface area (Å²) in [6, 6.07) is 0. The van der Waals surface area contributed by atoms with Crippen molar-refractivity contribution >= 4 is 0 Å². The van der Waals surface area contributed by atoms with Gasteiger partial charge in [0.25, 0.3) is 0 Å². The number of hydrogen-bond acceptors (Lipinski definition) is 12. The van der Waals surface area contributed by atoms with Crippen molar-refractivity contribution in [1.29, 1.82) is 0 Å². The average Bonchev–Trinajstić information content (AvgIpc) is 3.12. The van der Waals surface area contributed by atoms with Gasteiger partial charge in [-0.05, 0) is 12.8 Å². The summed E-state index contributed by atoms with van der Waals surface area (Å²) in [5.74, 6) is -0.247. The molecule has 0 amide bonds. The molecule has 0 spiro atoms. The van der Waals surface area contributed by atoms with E-state index in [9.17, 15) is 35.7 Å². The van der Waals surface area contributed by atoms with Crippen molar-refractivity contribution in [2.24, 2.45) is 5.92 Å². The van der Waals surface area contributed by atoms with Crippen LogP contribution in [0, 0.1) is 5.92 Å². The van der Waals surface area contributed by atoms with Crippen LogP contribution in [0.4, 0.5) is 0 Å².